The minimum absolute atomic E-state index is 0.713. The van der Waals surface area contributed by atoms with E-state index in [1.807, 2.05) is 25.1 Å². The summed E-state index contributed by atoms with van der Waals surface area (Å²) in [7, 11) is 0. The molecule has 0 radical (unpaired) electrons. The quantitative estimate of drug-likeness (QED) is 0.894. The first-order chi connectivity index (χ1) is 8.83. The first-order valence-electron chi connectivity index (χ1n) is 6.32. The molecular formula is C14H16N4. The molecule has 2 heterocycles. The highest BCUT2D eigenvalue weighted by atomic mass is 15.0. The van der Waals surface area contributed by atoms with E-state index < -0.39 is 0 Å². The molecule has 0 saturated heterocycles. The van der Waals surface area contributed by atoms with Gasteiger partial charge in [0.2, 0.25) is 0 Å². The van der Waals surface area contributed by atoms with Gasteiger partial charge in [-0.1, -0.05) is 6.07 Å². The summed E-state index contributed by atoms with van der Waals surface area (Å²) in [4.78, 5) is 13.1. The van der Waals surface area contributed by atoms with E-state index >= 15 is 0 Å². The average Bonchev–Trinajstić information content (AvgIpc) is 2.85. The third kappa shape index (κ3) is 2.18. The Labute approximate surface area is 107 Å². The zero-order valence-electron chi connectivity index (χ0n) is 10.5. The van der Waals surface area contributed by atoms with Crippen LogP contribution in [-0.4, -0.2) is 15.0 Å². The molecule has 3 rings (SSSR count). The van der Waals surface area contributed by atoms with Crippen LogP contribution in [0.2, 0.25) is 0 Å². The molecule has 0 atom stereocenters. The van der Waals surface area contributed by atoms with Crippen molar-refractivity contribution in [1.29, 1.82) is 0 Å². The number of pyridine rings is 1. The molecule has 1 aliphatic carbocycles. The molecule has 2 aromatic rings. The molecule has 4 heteroatoms. The summed E-state index contributed by atoms with van der Waals surface area (Å²) in [5.74, 6) is 0.973. The lowest BCUT2D eigenvalue weighted by Gasteiger charge is -2.09. The van der Waals surface area contributed by atoms with Crippen LogP contribution in [0.5, 0.6) is 0 Å². The number of rotatable bonds is 3. The van der Waals surface area contributed by atoms with Crippen LogP contribution >= 0.6 is 0 Å². The topological polar surface area (TPSA) is 50.7 Å². The standard InChI is InChI=1S/C14H16N4/c1-10-4-2-5-11(18-10)8-15-14-12-6-3-7-13(12)16-9-17-14/h2,4-5,9H,3,6-8H2,1H3,(H,15,16,17). The van der Waals surface area contributed by atoms with E-state index in [0.29, 0.717) is 6.54 Å². The highest BCUT2D eigenvalue weighted by Gasteiger charge is 2.16. The van der Waals surface area contributed by atoms with Crippen LogP contribution < -0.4 is 5.32 Å². The van der Waals surface area contributed by atoms with Gasteiger partial charge < -0.3 is 5.32 Å². The molecule has 18 heavy (non-hydrogen) atoms. The van der Waals surface area contributed by atoms with Crippen molar-refractivity contribution in [3.63, 3.8) is 0 Å². The van der Waals surface area contributed by atoms with Gasteiger partial charge >= 0.3 is 0 Å². The van der Waals surface area contributed by atoms with Gasteiger partial charge in [-0.3, -0.25) is 4.98 Å². The van der Waals surface area contributed by atoms with E-state index in [-0.39, 0.29) is 0 Å². The third-order valence-electron chi connectivity index (χ3n) is 3.26. The SMILES string of the molecule is Cc1cccc(CNc2ncnc3c2CCC3)n1. The van der Waals surface area contributed by atoms with Crippen molar-refractivity contribution in [2.45, 2.75) is 32.7 Å². The number of aromatic nitrogens is 3. The Morgan fingerprint density at radius 1 is 1.22 bits per heavy atom. The van der Waals surface area contributed by atoms with Crippen molar-refractivity contribution in [1.82, 2.24) is 15.0 Å². The van der Waals surface area contributed by atoms with Gasteiger partial charge in [-0.2, -0.15) is 0 Å². The molecule has 0 aliphatic heterocycles. The largest absolute Gasteiger partial charge is 0.364 e. The van der Waals surface area contributed by atoms with E-state index in [0.717, 1.165) is 30.0 Å². The zero-order valence-corrected chi connectivity index (χ0v) is 10.5. The molecule has 0 bridgehead atoms. The second kappa shape index (κ2) is 4.72. The monoisotopic (exact) mass is 240 g/mol. The average molecular weight is 240 g/mol. The maximum Gasteiger partial charge on any atom is 0.133 e. The maximum absolute atomic E-state index is 4.48. The van der Waals surface area contributed by atoms with E-state index in [2.05, 4.69) is 20.3 Å². The van der Waals surface area contributed by atoms with Gasteiger partial charge in [0.25, 0.3) is 0 Å². The molecule has 0 saturated carbocycles. The zero-order chi connectivity index (χ0) is 12.4. The summed E-state index contributed by atoms with van der Waals surface area (Å²) in [6.45, 7) is 2.72. The van der Waals surface area contributed by atoms with Crippen LogP contribution in [-0.2, 0) is 19.4 Å². The highest BCUT2D eigenvalue weighted by Crippen LogP contribution is 2.25. The first kappa shape index (κ1) is 11.1. The van der Waals surface area contributed by atoms with Gasteiger partial charge in [0.1, 0.15) is 12.1 Å². The number of aryl methyl sites for hydroxylation is 2. The third-order valence-corrected chi connectivity index (χ3v) is 3.26. The van der Waals surface area contributed by atoms with Crippen LogP contribution in [0.3, 0.4) is 0 Å². The van der Waals surface area contributed by atoms with E-state index in [9.17, 15) is 0 Å². The minimum atomic E-state index is 0.713. The van der Waals surface area contributed by atoms with Crippen LogP contribution in [0, 0.1) is 6.92 Å². The minimum Gasteiger partial charge on any atom is -0.364 e. The van der Waals surface area contributed by atoms with Gasteiger partial charge in [0.05, 0.1) is 12.2 Å². The number of anilines is 1. The van der Waals surface area contributed by atoms with Gasteiger partial charge in [0.15, 0.2) is 0 Å². The van der Waals surface area contributed by atoms with E-state index in [4.69, 9.17) is 0 Å². The number of hydrogen-bond acceptors (Lipinski definition) is 4. The van der Waals surface area contributed by atoms with Gasteiger partial charge in [0, 0.05) is 17.0 Å². The van der Waals surface area contributed by atoms with Crippen LogP contribution in [0.25, 0.3) is 0 Å². The summed E-state index contributed by atoms with van der Waals surface area (Å²) in [5, 5.41) is 3.37. The summed E-state index contributed by atoms with van der Waals surface area (Å²) in [6.07, 6.45) is 5.00. The number of nitrogens with one attached hydrogen (secondary N) is 1. The van der Waals surface area contributed by atoms with E-state index in [1.54, 1.807) is 6.33 Å². The predicted molar refractivity (Wildman–Crippen MR) is 70.4 cm³/mol. The van der Waals surface area contributed by atoms with Crippen molar-refractivity contribution in [3.05, 3.63) is 47.2 Å². The lowest BCUT2D eigenvalue weighted by atomic mass is 10.2. The van der Waals surface area contributed by atoms with Crippen molar-refractivity contribution < 1.29 is 0 Å². The lowest BCUT2D eigenvalue weighted by molar-refractivity contribution is 0.899. The number of nitrogens with zero attached hydrogens (tertiary/aromatic N) is 3. The molecule has 1 N–H and O–H groups in total. The Morgan fingerprint density at radius 2 is 2.17 bits per heavy atom. The molecule has 1 aliphatic rings. The molecule has 0 amide bonds. The van der Waals surface area contributed by atoms with Crippen molar-refractivity contribution >= 4 is 5.82 Å². The Kier molecular flexibility index (Phi) is 2.92. The molecule has 0 spiro atoms. The van der Waals surface area contributed by atoms with Gasteiger partial charge in [-0.15, -0.1) is 0 Å². The molecule has 92 valence electrons. The number of hydrogen-bond donors (Lipinski definition) is 1. The fourth-order valence-electron chi connectivity index (χ4n) is 2.38. The summed E-state index contributed by atoms with van der Waals surface area (Å²) in [6, 6.07) is 6.07. The van der Waals surface area contributed by atoms with Crippen LogP contribution in [0.15, 0.2) is 24.5 Å². The highest BCUT2D eigenvalue weighted by molar-refractivity contribution is 5.48. The summed E-state index contributed by atoms with van der Waals surface area (Å²) in [5.41, 5.74) is 4.57. The van der Waals surface area contributed by atoms with Crippen molar-refractivity contribution in [2.24, 2.45) is 0 Å². The lowest BCUT2D eigenvalue weighted by Crippen LogP contribution is -2.07. The fraction of sp³-hybridized carbons (Fsp3) is 0.357. The Balaban J connectivity index is 1.76. The number of fused-ring (bicyclic) bond motifs is 1. The van der Waals surface area contributed by atoms with Gasteiger partial charge in [-0.25, -0.2) is 9.97 Å². The molecule has 0 unspecified atom stereocenters. The molecule has 0 fully saturated rings. The Bertz CT molecular complexity index is 565. The Morgan fingerprint density at radius 3 is 3.06 bits per heavy atom. The van der Waals surface area contributed by atoms with Crippen molar-refractivity contribution in [2.75, 3.05) is 5.32 Å². The normalized spacial score (nSPS) is 13.4. The molecule has 0 aromatic carbocycles. The second-order valence-corrected chi connectivity index (χ2v) is 4.62. The second-order valence-electron chi connectivity index (χ2n) is 4.62. The van der Waals surface area contributed by atoms with Gasteiger partial charge in [-0.05, 0) is 38.3 Å². The fourth-order valence-corrected chi connectivity index (χ4v) is 2.38. The molecule has 4 nitrogen and oxygen atoms in total. The Hall–Kier alpha value is -1.97. The van der Waals surface area contributed by atoms with E-state index in [1.165, 1.54) is 17.7 Å². The van der Waals surface area contributed by atoms with Crippen LogP contribution in [0.1, 0.15) is 29.1 Å². The maximum atomic E-state index is 4.48. The smallest absolute Gasteiger partial charge is 0.133 e. The summed E-state index contributed by atoms with van der Waals surface area (Å²) < 4.78 is 0. The molecule has 2 aromatic heterocycles. The molecular weight excluding hydrogens is 224 g/mol. The summed E-state index contributed by atoms with van der Waals surface area (Å²) >= 11 is 0. The predicted octanol–water partition coefficient (Wildman–Crippen LogP) is 2.28. The first-order valence-corrected chi connectivity index (χ1v) is 6.32. The van der Waals surface area contributed by atoms with Crippen molar-refractivity contribution in [3.8, 4) is 0 Å². The van der Waals surface area contributed by atoms with Crippen LogP contribution in [0.4, 0.5) is 5.82 Å².